The molecular formula is C16H26Si. The van der Waals surface area contributed by atoms with Crippen molar-refractivity contribution in [3.8, 4) is 0 Å². The van der Waals surface area contributed by atoms with Crippen LogP contribution in [0.4, 0.5) is 0 Å². The van der Waals surface area contributed by atoms with Crippen LogP contribution in [0.3, 0.4) is 0 Å². The summed E-state index contributed by atoms with van der Waals surface area (Å²) >= 11 is 0. The fourth-order valence-electron chi connectivity index (χ4n) is 2.03. The van der Waals surface area contributed by atoms with E-state index in [0.717, 1.165) is 0 Å². The first-order valence-electron chi connectivity index (χ1n) is 7.18. The minimum absolute atomic E-state index is 1.17. The molecule has 1 aromatic rings. The molecule has 0 nitrogen and oxygen atoms in total. The molecule has 0 heterocycles. The van der Waals surface area contributed by atoms with Crippen molar-refractivity contribution in [2.45, 2.75) is 64.0 Å². The minimum Gasteiger partial charge on any atom is -0.0654 e. The van der Waals surface area contributed by atoms with E-state index in [-0.39, 0.29) is 0 Å². The summed E-state index contributed by atoms with van der Waals surface area (Å²) in [7, 11) is 1.17. The van der Waals surface area contributed by atoms with Crippen molar-refractivity contribution in [2.75, 3.05) is 0 Å². The first-order valence-corrected chi connectivity index (χ1v) is 8.59. The Morgan fingerprint density at radius 1 is 0.824 bits per heavy atom. The third-order valence-corrected chi connectivity index (χ3v) is 4.45. The maximum Gasteiger partial charge on any atom is 0.0381 e. The van der Waals surface area contributed by atoms with Crippen LogP contribution in [0.25, 0.3) is 0 Å². The Bertz CT molecular complexity index is 255. The van der Waals surface area contributed by atoms with Crippen LogP contribution in [0.15, 0.2) is 30.3 Å². The normalized spacial score (nSPS) is 10.6. The highest BCUT2D eigenvalue weighted by Crippen LogP contribution is 2.08. The maximum absolute atomic E-state index is 2.28. The van der Waals surface area contributed by atoms with Gasteiger partial charge >= 0.3 is 0 Å². The second kappa shape index (κ2) is 10.6. The van der Waals surface area contributed by atoms with Crippen LogP contribution in [0.1, 0.15) is 51.0 Å². The van der Waals surface area contributed by atoms with Crippen molar-refractivity contribution in [2.24, 2.45) is 0 Å². The summed E-state index contributed by atoms with van der Waals surface area (Å²) < 4.78 is 0. The van der Waals surface area contributed by atoms with Gasteiger partial charge in [-0.1, -0.05) is 87.9 Å². The van der Waals surface area contributed by atoms with Crippen molar-refractivity contribution < 1.29 is 0 Å². The summed E-state index contributed by atoms with van der Waals surface area (Å²) in [5.74, 6) is 0. The molecule has 0 bridgehead atoms. The monoisotopic (exact) mass is 246 g/mol. The summed E-state index contributed by atoms with van der Waals surface area (Å²) in [6, 6.07) is 13.7. The van der Waals surface area contributed by atoms with Gasteiger partial charge in [-0.3, -0.25) is 0 Å². The number of aryl methyl sites for hydroxylation is 1. The van der Waals surface area contributed by atoms with E-state index < -0.39 is 0 Å². The van der Waals surface area contributed by atoms with E-state index in [4.69, 9.17) is 0 Å². The van der Waals surface area contributed by atoms with Gasteiger partial charge in [0, 0.05) is 9.52 Å². The Kier molecular flexibility index (Phi) is 9.02. The van der Waals surface area contributed by atoms with E-state index in [1.807, 2.05) is 0 Å². The lowest BCUT2D eigenvalue weighted by atomic mass is 10.1. The molecule has 0 saturated carbocycles. The predicted octanol–water partition coefficient (Wildman–Crippen LogP) is 5.13. The molecule has 0 aliphatic carbocycles. The fraction of sp³-hybridized carbons (Fsp3) is 0.625. The molecule has 94 valence electrons. The van der Waals surface area contributed by atoms with Gasteiger partial charge in [-0.15, -0.1) is 0 Å². The average Bonchev–Trinajstić information content (AvgIpc) is 2.38. The van der Waals surface area contributed by atoms with Gasteiger partial charge in [0.05, 0.1) is 0 Å². The Balaban J connectivity index is 1.85. The maximum atomic E-state index is 2.28. The average molecular weight is 246 g/mol. The van der Waals surface area contributed by atoms with Gasteiger partial charge in [0.2, 0.25) is 0 Å². The Morgan fingerprint density at radius 2 is 1.53 bits per heavy atom. The highest BCUT2D eigenvalue weighted by Gasteiger charge is 1.94. The molecule has 17 heavy (non-hydrogen) atoms. The summed E-state index contributed by atoms with van der Waals surface area (Å²) in [4.78, 5) is 0. The first-order chi connectivity index (χ1) is 8.43. The first kappa shape index (κ1) is 14.5. The molecule has 0 unspecified atom stereocenters. The van der Waals surface area contributed by atoms with E-state index >= 15 is 0 Å². The highest BCUT2D eigenvalue weighted by molar-refractivity contribution is 6.35. The largest absolute Gasteiger partial charge is 0.0654 e. The summed E-state index contributed by atoms with van der Waals surface area (Å²) in [5, 5.41) is 0. The highest BCUT2D eigenvalue weighted by atomic mass is 28.2. The molecule has 0 aromatic heterocycles. The Labute approximate surface area is 110 Å². The van der Waals surface area contributed by atoms with Crippen LogP contribution in [-0.4, -0.2) is 9.52 Å². The topological polar surface area (TPSA) is 0 Å². The predicted molar refractivity (Wildman–Crippen MR) is 78.9 cm³/mol. The SMILES string of the molecule is CCCCCCCC[Si]CCc1ccccc1. The van der Waals surface area contributed by atoms with Gasteiger partial charge in [0.15, 0.2) is 0 Å². The van der Waals surface area contributed by atoms with Gasteiger partial charge in [0.1, 0.15) is 0 Å². The van der Waals surface area contributed by atoms with Crippen LogP contribution >= 0.6 is 0 Å². The zero-order chi connectivity index (χ0) is 12.2. The fourth-order valence-corrected chi connectivity index (χ4v) is 3.25. The van der Waals surface area contributed by atoms with Crippen molar-refractivity contribution in [3.63, 3.8) is 0 Å². The molecule has 0 spiro atoms. The number of hydrogen-bond acceptors (Lipinski definition) is 0. The van der Waals surface area contributed by atoms with Crippen molar-refractivity contribution in [3.05, 3.63) is 35.9 Å². The number of rotatable bonds is 10. The smallest absolute Gasteiger partial charge is 0.0381 e. The summed E-state index contributed by atoms with van der Waals surface area (Å²) in [6.07, 6.45) is 9.88. The lowest BCUT2D eigenvalue weighted by Crippen LogP contribution is -1.93. The molecular weight excluding hydrogens is 220 g/mol. The summed E-state index contributed by atoms with van der Waals surface area (Å²) in [6.45, 7) is 2.28. The van der Waals surface area contributed by atoms with E-state index in [9.17, 15) is 0 Å². The van der Waals surface area contributed by atoms with Crippen molar-refractivity contribution >= 4 is 9.52 Å². The Morgan fingerprint density at radius 3 is 2.29 bits per heavy atom. The van der Waals surface area contributed by atoms with Crippen LogP contribution in [0, 0.1) is 0 Å². The molecule has 0 atom stereocenters. The molecule has 1 rings (SSSR count). The minimum atomic E-state index is 1.17. The molecule has 0 aliphatic rings. The van der Waals surface area contributed by atoms with Crippen molar-refractivity contribution in [1.29, 1.82) is 0 Å². The lowest BCUT2D eigenvalue weighted by Gasteiger charge is -2.01. The zero-order valence-electron chi connectivity index (χ0n) is 11.3. The summed E-state index contributed by atoms with van der Waals surface area (Å²) in [5.41, 5.74) is 1.50. The number of benzene rings is 1. The molecule has 1 heteroatoms. The van der Waals surface area contributed by atoms with E-state index in [2.05, 4.69) is 37.3 Å². The van der Waals surface area contributed by atoms with E-state index in [1.54, 1.807) is 0 Å². The van der Waals surface area contributed by atoms with Gasteiger partial charge in [-0.05, 0) is 12.0 Å². The molecule has 0 N–H and O–H groups in total. The number of unbranched alkanes of at least 4 members (excludes halogenated alkanes) is 5. The van der Waals surface area contributed by atoms with Crippen molar-refractivity contribution in [1.82, 2.24) is 0 Å². The molecule has 1 aromatic carbocycles. The third kappa shape index (κ3) is 8.20. The standard InChI is InChI=1S/C16H26Si/c1-2-3-4-5-6-10-14-17-15-13-16-11-8-7-9-12-16/h7-9,11-12H,2-6,10,13-15H2,1H3. The second-order valence-corrected chi connectivity index (χ2v) is 6.25. The quantitative estimate of drug-likeness (QED) is 0.396. The number of hydrogen-bond donors (Lipinski definition) is 0. The van der Waals surface area contributed by atoms with E-state index in [1.165, 1.54) is 72.1 Å². The van der Waals surface area contributed by atoms with Crippen LogP contribution in [0.5, 0.6) is 0 Å². The Hall–Kier alpha value is -0.563. The lowest BCUT2D eigenvalue weighted by molar-refractivity contribution is 0.624. The molecule has 0 aliphatic heterocycles. The van der Waals surface area contributed by atoms with Gasteiger partial charge in [0.25, 0.3) is 0 Å². The van der Waals surface area contributed by atoms with Crippen LogP contribution in [-0.2, 0) is 6.42 Å². The van der Waals surface area contributed by atoms with Crippen LogP contribution in [0.2, 0.25) is 12.1 Å². The van der Waals surface area contributed by atoms with Gasteiger partial charge < -0.3 is 0 Å². The van der Waals surface area contributed by atoms with Crippen LogP contribution < -0.4 is 0 Å². The molecule has 2 radical (unpaired) electrons. The molecule has 0 amide bonds. The molecule has 0 saturated heterocycles. The van der Waals surface area contributed by atoms with E-state index in [0.29, 0.717) is 0 Å². The van der Waals surface area contributed by atoms with Gasteiger partial charge in [-0.2, -0.15) is 0 Å². The van der Waals surface area contributed by atoms with Gasteiger partial charge in [-0.25, -0.2) is 0 Å². The second-order valence-electron chi connectivity index (χ2n) is 4.75. The third-order valence-electron chi connectivity index (χ3n) is 3.14. The molecule has 0 fully saturated rings. The zero-order valence-corrected chi connectivity index (χ0v) is 12.3.